The van der Waals surface area contributed by atoms with Crippen LogP contribution in [0.4, 0.5) is 68.2 Å². The smallest absolute Gasteiger partial charge is 0.0463 e. The maximum atomic E-state index is 2.31. The number of benzene rings is 10. The van der Waals surface area contributed by atoms with Gasteiger partial charge in [0.15, 0.2) is 0 Å². The van der Waals surface area contributed by atoms with E-state index in [-0.39, 0.29) is 0 Å². The van der Waals surface area contributed by atoms with Crippen molar-refractivity contribution < 1.29 is 0 Å². The minimum absolute atomic E-state index is 1.08. The average Bonchev–Trinajstić information content (AvgIpc) is 3.40. The molecule has 0 amide bonds. The highest BCUT2D eigenvalue weighted by Gasteiger charge is 2.18. The third kappa shape index (κ3) is 9.26. The topological polar surface area (TPSA) is 13.0 Å². The lowest BCUT2D eigenvalue weighted by Gasteiger charge is -2.28. The molecule has 4 nitrogen and oxygen atoms in total. The Morgan fingerprint density at radius 2 is 0.288 bits per heavy atom. The first-order chi connectivity index (χ1) is 32.7. The Bertz CT molecular complexity index is 2780. The molecule has 0 aliphatic rings. The maximum Gasteiger partial charge on any atom is 0.0463 e. The third-order valence-electron chi connectivity index (χ3n) is 11.6. The van der Waals surface area contributed by atoms with Gasteiger partial charge in [-0.1, -0.05) is 146 Å². The predicted octanol–water partition coefficient (Wildman–Crippen LogP) is 17.7. The number of rotatable bonds is 14. The van der Waals surface area contributed by atoms with Gasteiger partial charge in [0.05, 0.1) is 0 Å². The summed E-state index contributed by atoms with van der Waals surface area (Å²) < 4.78 is 0. The summed E-state index contributed by atoms with van der Waals surface area (Å²) >= 11 is 0. The molecule has 0 aliphatic heterocycles. The molecule has 0 radical (unpaired) electrons. The monoisotopic (exact) mass is 848 g/mol. The average molecular weight is 849 g/mol. The van der Waals surface area contributed by atoms with Crippen LogP contribution >= 0.6 is 0 Å². The fourth-order valence-corrected chi connectivity index (χ4v) is 8.41. The maximum absolute atomic E-state index is 2.31. The molecule has 10 aromatic carbocycles. The van der Waals surface area contributed by atoms with Crippen molar-refractivity contribution in [3.8, 4) is 0 Å². The summed E-state index contributed by atoms with van der Waals surface area (Å²) in [5.74, 6) is 0. The Kier molecular flexibility index (Phi) is 12.3. The normalized spacial score (nSPS) is 11.0. The highest BCUT2D eigenvalue weighted by Crippen LogP contribution is 2.41. The molecule has 0 aromatic heterocycles. The van der Waals surface area contributed by atoms with Crippen molar-refractivity contribution in [2.75, 3.05) is 19.6 Å². The van der Waals surface area contributed by atoms with E-state index in [4.69, 9.17) is 0 Å². The summed E-state index contributed by atoms with van der Waals surface area (Å²) in [5, 5.41) is 0. The van der Waals surface area contributed by atoms with E-state index in [1.807, 2.05) is 0 Å². The van der Waals surface area contributed by atoms with E-state index in [9.17, 15) is 0 Å². The van der Waals surface area contributed by atoms with Crippen LogP contribution in [0.1, 0.15) is 11.1 Å². The second-order valence-corrected chi connectivity index (χ2v) is 15.9. The first kappa shape index (κ1) is 41.2. The molecular formula is C62H48N4. The molecule has 0 atom stereocenters. The van der Waals surface area contributed by atoms with Crippen molar-refractivity contribution >= 4 is 80.4 Å². The number of anilines is 12. The summed E-state index contributed by atoms with van der Waals surface area (Å²) in [7, 11) is 0. The fraction of sp³-hybridized carbons (Fsp3) is 0. The van der Waals surface area contributed by atoms with Gasteiger partial charge in [0.2, 0.25) is 0 Å². The minimum atomic E-state index is 1.08. The van der Waals surface area contributed by atoms with Gasteiger partial charge in [-0.15, -0.1) is 0 Å². The van der Waals surface area contributed by atoms with E-state index in [1.54, 1.807) is 0 Å². The van der Waals surface area contributed by atoms with Crippen LogP contribution in [0.15, 0.2) is 279 Å². The Hall–Kier alpha value is -8.86. The molecule has 0 unspecified atom stereocenters. The lowest BCUT2D eigenvalue weighted by atomic mass is 10.1. The molecule has 0 bridgehead atoms. The highest BCUT2D eigenvalue weighted by molar-refractivity contribution is 5.84. The van der Waals surface area contributed by atoms with Crippen LogP contribution in [0.5, 0.6) is 0 Å². The van der Waals surface area contributed by atoms with Crippen LogP contribution in [-0.4, -0.2) is 0 Å². The molecule has 66 heavy (non-hydrogen) atoms. The fourth-order valence-electron chi connectivity index (χ4n) is 8.41. The zero-order valence-corrected chi connectivity index (χ0v) is 36.5. The number of hydrogen-bond donors (Lipinski definition) is 0. The van der Waals surface area contributed by atoms with Crippen LogP contribution in [0.2, 0.25) is 0 Å². The van der Waals surface area contributed by atoms with Gasteiger partial charge in [-0.3, -0.25) is 0 Å². The van der Waals surface area contributed by atoms with Crippen LogP contribution in [0, 0.1) is 0 Å². The largest absolute Gasteiger partial charge is 0.311 e. The van der Waals surface area contributed by atoms with Gasteiger partial charge in [0.25, 0.3) is 0 Å². The quantitative estimate of drug-likeness (QED) is 0.101. The zero-order chi connectivity index (χ0) is 44.3. The van der Waals surface area contributed by atoms with Gasteiger partial charge < -0.3 is 19.6 Å². The molecule has 0 saturated carbocycles. The molecule has 4 heteroatoms. The van der Waals surface area contributed by atoms with Gasteiger partial charge in [-0.2, -0.15) is 0 Å². The first-order valence-corrected chi connectivity index (χ1v) is 22.3. The van der Waals surface area contributed by atoms with Gasteiger partial charge in [-0.05, 0) is 157 Å². The summed E-state index contributed by atoms with van der Waals surface area (Å²) in [6.45, 7) is 0. The third-order valence-corrected chi connectivity index (χ3v) is 11.6. The molecule has 10 rings (SSSR count). The van der Waals surface area contributed by atoms with Crippen molar-refractivity contribution in [2.45, 2.75) is 0 Å². The number of nitrogens with zero attached hydrogens (tertiary/aromatic N) is 4. The van der Waals surface area contributed by atoms with Crippen molar-refractivity contribution in [3.63, 3.8) is 0 Å². The summed E-state index contributed by atoms with van der Waals surface area (Å²) in [6.07, 6.45) is 4.36. The van der Waals surface area contributed by atoms with Crippen LogP contribution in [0.25, 0.3) is 12.2 Å². The van der Waals surface area contributed by atoms with Crippen molar-refractivity contribution in [1.82, 2.24) is 0 Å². The van der Waals surface area contributed by atoms with Gasteiger partial charge in [0.1, 0.15) is 0 Å². The highest BCUT2D eigenvalue weighted by atomic mass is 15.2. The van der Waals surface area contributed by atoms with Crippen molar-refractivity contribution in [3.05, 3.63) is 290 Å². The Morgan fingerprint density at radius 3 is 0.455 bits per heavy atom. The summed E-state index contributed by atoms with van der Waals surface area (Å²) in [5.41, 5.74) is 15.4. The molecule has 0 aliphatic carbocycles. The van der Waals surface area contributed by atoms with Crippen LogP contribution in [-0.2, 0) is 0 Å². The molecule has 0 saturated heterocycles. The molecule has 10 aromatic rings. The van der Waals surface area contributed by atoms with Gasteiger partial charge >= 0.3 is 0 Å². The van der Waals surface area contributed by atoms with Gasteiger partial charge in [-0.25, -0.2) is 0 Å². The van der Waals surface area contributed by atoms with E-state index in [2.05, 4.69) is 311 Å². The Balaban J connectivity index is 0.886. The van der Waals surface area contributed by atoms with E-state index < -0.39 is 0 Å². The van der Waals surface area contributed by atoms with Crippen molar-refractivity contribution in [1.29, 1.82) is 0 Å². The molecule has 0 spiro atoms. The lowest BCUT2D eigenvalue weighted by molar-refractivity contribution is 1.25. The molecule has 0 heterocycles. The first-order valence-electron chi connectivity index (χ1n) is 22.3. The molecule has 0 fully saturated rings. The minimum Gasteiger partial charge on any atom is -0.311 e. The summed E-state index contributed by atoms with van der Waals surface area (Å²) in [6, 6.07) is 98.4. The van der Waals surface area contributed by atoms with E-state index in [1.165, 1.54) is 0 Å². The summed E-state index contributed by atoms with van der Waals surface area (Å²) in [4.78, 5) is 9.19. The zero-order valence-electron chi connectivity index (χ0n) is 36.5. The Morgan fingerprint density at radius 1 is 0.152 bits per heavy atom. The second-order valence-electron chi connectivity index (χ2n) is 15.9. The van der Waals surface area contributed by atoms with Gasteiger partial charge in [0, 0.05) is 68.2 Å². The lowest BCUT2D eigenvalue weighted by Crippen LogP contribution is -2.12. The molecule has 316 valence electrons. The molecular weight excluding hydrogens is 801 g/mol. The number of para-hydroxylation sites is 6. The van der Waals surface area contributed by atoms with E-state index in [0.717, 1.165) is 79.4 Å². The van der Waals surface area contributed by atoms with Crippen molar-refractivity contribution in [2.24, 2.45) is 0 Å². The molecule has 0 N–H and O–H groups in total. The number of hydrogen-bond acceptors (Lipinski definition) is 4. The SMILES string of the molecule is C(=Cc1ccc(N(c2ccccc2)c2ccc(N(c3ccccc3)c3ccccc3)cc2)cc1)c1ccc(N(c2ccccc2)c2ccc(N(c3ccccc3)c3ccccc3)cc2)cc1. The van der Waals surface area contributed by atoms with Crippen LogP contribution < -0.4 is 19.6 Å². The second kappa shape index (κ2) is 19.7. The van der Waals surface area contributed by atoms with E-state index in [0.29, 0.717) is 0 Å². The standard InChI is InChI=1S/C62H48N4/c1-7-19-51(20-8-1)63(52-21-9-2-10-22-52)59-41-45-61(46-42-59)65(55-27-15-5-16-28-55)57-37-33-49(34-38-57)31-32-50-35-39-58(40-36-50)66(56-29-17-6-18-30-56)62-47-43-60(44-48-62)64(53-23-11-3-12-24-53)54-25-13-4-14-26-54/h1-48H. The Labute approximate surface area is 388 Å². The predicted molar refractivity (Wildman–Crippen MR) is 281 cm³/mol. The van der Waals surface area contributed by atoms with Crippen LogP contribution in [0.3, 0.4) is 0 Å². The van der Waals surface area contributed by atoms with E-state index >= 15 is 0 Å².